The molecule has 1 aliphatic rings. The van der Waals surface area contributed by atoms with Crippen molar-refractivity contribution < 1.29 is 14.7 Å². The lowest BCUT2D eigenvalue weighted by Crippen LogP contribution is -2.32. The van der Waals surface area contributed by atoms with Gasteiger partial charge in [0.15, 0.2) is 0 Å². The zero-order valence-corrected chi connectivity index (χ0v) is 21.6. The molecule has 0 saturated heterocycles. The molecular weight excluding hydrogens is 474 g/mol. The molecule has 4 rings (SSSR count). The number of amides is 1. The molecule has 6 nitrogen and oxygen atoms in total. The largest absolute Gasteiger partial charge is 0.480 e. The van der Waals surface area contributed by atoms with Crippen LogP contribution in [0.25, 0.3) is 11.1 Å². The molecule has 0 radical (unpaired) electrons. The minimum atomic E-state index is -1.04. The van der Waals surface area contributed by atoms with Crippen molar-refractivity contribution in [3.8, 4) is 17.2 Å². The van der Waals surface area contributed by atoms with Crippen molar-refractivity contribution in [1.29, 1.82) is 5.26 Å². The van der Waals surface area contributed by atoms with Crippen LogP contribution in [0.1, 0.15) is 71.5 Å². The highest BCUT2D eigenvalue weighted by atomic mass is 16.4. The molecule has 1 fully saturated rings. The number of carboxylic acids is 1. The highest BCUT2D eigenvalue weighted by Gasteiger charge is 2.25. The van der Waals surface area contributed by atoms with E-state index >= 15 is 0 Å². The second kappa shape index (κ2) is 13.0. The monoisotopic (exact) mass is 509 g/mol. The summed E-state index contributed by atoms with van der Waals surface area (Å²) < 4.78 is 0. The molecule has 196 valence electrons. The molecule has 0 aromatic heterocycles. The van der Waals surface area contributed by atoms with Crippen molar-refractivity contribution in [3.05, 3.63) is 95.1 Å². The quantitative estimate of drug-likeness (QED) is 0.322. The molecule has 0 heterocycles. The van der Waals surface area contributed by atoms with Gasteiger partial charge in [-0.15, -0.1) is 0 Å². The Kier molecular flexibility index (Phi) is 9.29. The maximum absolute atomic E-state index is 13.0. The Hall–Kier alpha value is -3.95. The summed E-state index contributed by atoms with van der Waals surface area (Å²) in [7, 11) is 0. The first kappa shape index (κ1) is 27.1. The van der Waals surface area contributed by atoms with Crippen molar-refractivity contribution in [2.45, 2.75) is 56.9 Å². The Morgan fingerprint density at radius 1 is 0.895 bits per heavy atom. The summed E-state index contributed by atoms with van der Waals surface area (Å²) in [5.74, 6) is -0.438. The van der Waals surface area contributed by atoms with E-state index in [-0.39, 0.29) is 18.2 Å². The van der Waals surface area contributed by atoms with Gasteiger partial charge in [-0.3, -0.25) is 9.59 Å². The number of hydrogen-bond acceptors (Lipinski definition) is 4. The van der Waals surface area contributed by atoms with E-state index in [0.717, 1.165) is 29.5 Å². The lowest BCUT2D eigenvalue weighted by Gasteiger charge is -2.27. The molecule has 0 spiro atoms. The summed E-state index contributed by atoms with van der Waals surface area (Å²) in [6.45, 7) is 0.561. The molecule has 6 heteroatoms. The molecule has 1 aliphatic carbocycles. The molecular formula is C32H35N3O3. The molecule has 2 atom stereocenters. The van der Waals surface area contributed by atoms with Crippen molar-refractivity contribution in [2.75, 3.05) is 6.54 Å². The van der Waals surface area contributed by atoms with E-state index < -0.39 is 12.0 Å². The lowest BCUT2D eigenvalue weighted by molar-refractivity contribution is -0.138. The van der Waals surface area contributed by atoms with Gasteiger partial charge >= 0.3 is 5.97 Å². The number of carboxylic acid groups (broad SMARTS) is 1. The third-order valence-electron chi connectivity index (χ3n) is 7.63. The minimum absolute atomic E-state index is 0.132. The number of aliphatic carboxylic acids is 1. The zero-order valence-electron chi connectivity index (χ0n) is 21.6. The summed E-state index contributed by atoms with van der Waals surface area (Å²) in [4.78, 5) is 24.0. The maximum Gasteiger partial charge on any atom is 0.320 e. The topological polar surface area (TPSA) is 116 Å². The number of carbonyl (C=O) groups is 2. The number of nitrogens with two attached hydrogens (primary N) is 1. The Morgan fingerprint density at radius 2 is 1.47 bits per heavy atom. The van der Waals surface area contributed by atoms with Crippen molar-refractivity contribution in [3.63, 3.8) is 0 Å². The van der Waals surface area contributed by atoms with E-state index in [1.807, 2.05) is 24.3 Å². The number of benzene rings is 3. The van der Waals surface area contributed by atoms with E-state index in [1.54, 1.807) is 24.3 Å². The number of carbonyl (C=O) groups excluding carboxylic acids is 1. The fraction of sp³-hybridized carbons (Fsp3) is 0.344. The van der Waals surface area contributed by atoms with Gasteiger partial charge in [0.25, 0.3) is 5.91 Å². The molecule has 0 unspecified atom stereocenters. The van der Waals surface area contributed by atoms with E-state index in [4.69, 9.17) is 16.1 Å². The normalized spacial score (nSPS) is 15.6. The zero-order chi connectivity index (χ0) is 26.9. The van der Waals surface area contributed by atoms with Crippen LogP contribution in [-0.4, -0.2) is 29.6 Å². The molecule has 38 heavy (non-hydrogen) atoms. The fourth-order valence-electron chi connectivity index (χ4n) is 5.37. The fourth-order valence-corrected chi connectivity index (χ4v) is 5.37. The first-order valence-electron chi connectivity index (χ1n) is 13.4. The smallest absolute Gasteiger partial charge is 0.320 e. The van der Waals surface area contributed by atoms with Gasteiger partial charge < -0.3 is 16.2 Å². The molecule has 0 aliphatic heterocycles. The van der Waals surface area contributed by atoms with Gasteiger partial charge in [-0.05, 0) is 71.7 Å². The van der Waals surface area contributed by atoms with Crippen molar-refractivity contribution in [2.24, 2.45) is 11.7 Å². The molecule has 3 aromatic carbocycles. The third-order valence-corrected chi connectivity index (χ3v) is 7.63. The van der Waals surface area contributed by atoms with E-state index in [1.165, 1.54) is 31.2 Å². The summed E-state index contributed by atoms with van der Waals surface area (Å²) in [6, 6.07) is 24.4. The van der Waals surface area contributed by atoms with Crippen LogP contribution in [0.15, 0.2) is 72.8 Å². The molecule has 3 aromatic rings. The Balaban J connectivity index is 1.47. The molecule has 1 saturated carbocycles. The van der Waals surface area contributed by atoms with Crippen LogP contribution in [0, 0.1) is 17.2 Å². The van der Waals surface area contributed by atoms with E-state index in [2.05, 4.69) is 35.7 Å². The van der Waals surface area contributed by atoms with Gasteiger partial charge in [0.2, 0.25) is 0 Å². The molecule has 1 amide bonds. The molecule has 4 N–H and O–H groups in total. The standard InChI is InChI=1S/C32H35N3O3/c33-20-23-9-11-24(12-10-23)25-15-17-27(18-16-25)29(26-5-3-1-2-4-6-26)21-35-31(36)28-13-7-22(8-14-28)19-30(34)32(37)38/h7-18,26,29-30H,1-6,19,21,34H2,(H,35,36)(H,37,38)/t29-,30+/m1/s1. The van der Waals surface area contributed by atoms with Crippen LogP contribution in [0.2, 0.25) is 0 Å². The third kappa shape index (κ3) is 7.08. The minimum Gasteiger partial charge on any atom is -0.480 e. The van der Waals surface area contributed by atoms with Gasteiger partial charge in [-0.1, -0.05) is 74.2 Å². The van der Waals surface area contributed by atoms with E-state index in [0.29, 0.717) is 23.6 Å². The number of hydrogen-bond donors (Lipinski definition) is 3. The Bertz CT molecular complexity index is 1250. The van der Waals surface area contributed by atoms with Crippen LogP contribution in [0.4, 0.5) is 0 Å². The first-order chi connectivity index (χ1) is 18.4. The predicted molar refractivity (Wildman–Crippen MR) is 149 cm³/mol. The lowest BCUT2D eigenvalue weighted by atomic mass is 9.81. The second-order valence-corrected chi connectivity index (χ2v) is 10.2. The summed E-state index contributed by atoms with van der Waals surface area (Å²) in [5, 5.41) is 21.2. The summed E-state index contributed by atoms with van der Waals surface area (Å²) >= 11 is 0. The van der Waals surface area contributed by atoms with Crippen LogP contribution < -0.4 is 11.1 Å². The molecule has 0 bridgehead atoms. The number of nitriles is 1. The van der Waals surface area contributed by atoms with Crippen molar-refractivity contribution >= 4 is 11.9 Å². The predicted octanol–water partition coefficient (Wildman–Crippen LogP) is 5.66. The van der Waals surface area contributed by atoms with Crippen LogP contribution in [0.3, 0.4) is 0 Å². The highest BCUT2D eigenvalue weighted by molar-refractivity contribution is 5.94. The van der Waals surface area contributed by atoms with Gasteiger partial charge in [-0.2, -0.15) is 5.26 Å². The summed E-state index contributed by atoms with van der Waals surface area (Å²) in [6.07, 6.45) is 7.53. The Labute approximate surface area is 224 Å². The van der Waals surface area contributed by atoms with Crippen molar-refractivity contribution in [1.82, 2.24) is 5.32 Å². The average molecular weight is 510 g/mol. The van der Waals surface area contributed by atoms with Gasteiger partial charge in [0, 0.05) is 18.0 Å². The maximum atomic E-state index is 13.0. The van der Waals surface area contributed by atoms with Crippen LogP contribution >= 0.6 is 0 Å². The van der Waals surface area contributed by atoms with Gasteiger partial charge in [0.1, 0.15) is 6.04 Å². The average Bonchev–Trinajstić information content (AvgIpc) is 3.23. The number of rotatable bonds is 9. The van der Waals surface area contributed by atoms with Gasteiger partial charge in [-0.25, -0.2) is 0 Å². The number of nitrogens with zero attached hydrogens (tertiary/aromatic N) is 1. The van der Waals surface area contributed by atoms with E-state index in [9.17, 15) is 9.59 Å². The highest BCUT2D eigenvalue weighted by Crippen LogP contribution is 2.36. The van der Waals surface area contributed by atoms with Gasteiger partial charge in [0.05, 0.1) is 11.6 Å². The van der Waals surface area contributed by atoms with Crippen LogP contribution in [0.5, 0.6) is 0 Å². The second-order valence-electron chi connectivity index (χ2n) is 10.2. The SMILES string of the molecule is N#Cc1ccc(-c2ccc([C@H](CNC(=O)c3ccc(C[C@H](N)C(=O)O)cc3)C3CCCCCC3)cc2)cc1. The first-order valence-corrected chi connectivity index (χ1v) is 13.4. The Morgan fingerprint density at radius 3 is 2.03 bits per heavy atom. The number of nitrogens with one attached hydrogen (secondary N) is 1. The summed E-state index contributed by atoms with van der Waals surface area (Å²) in [5.41, 5.74) is 11.0. The van der Waals surface area contributed by atoms with Crippen LogP contribution in [-0.2, 0) is 11.2 Å².